The minimum atomic E-state index is 0.390. The van der Waals surface area contributed by atoms with E-state index < -0.39 is 0 Å². The fourth-order valence-corrected chi connectivity index (χ4v) is 0.810. The van der Waals surface area contributed by atoms with E-state index in [1.807, 2.05) is 6.07 Å². The molecule has 0 atom stereocenters. The van der Waals surface area contributed by atoms with Crippen LogP contribution in [-0.2, 0) is 0 Å². The summed E-state index contributed by atoms with van der Waals surface area (Å²) in [5.41, 5.74) is 0.390. The highest BCUT2D eigenvalue weighted by molar-refractivity contribution is 5.24. The molecule has 1 aromatic rings. The molecule has 0 N–H and O–H groups in total. The van der Waals surface area contributed by atoms with Crippen LogP contribution in [0.1, 0.15) is 19.5 Å². The van der Waals surface area contributed by atoms with Crippen LogP contribution in [0.15, 0.2) is 18.2 Å². The number of nitrogens with zero attached hydrogens (tertiary/aromatic N) is 2. The van der Waals surface area contributed by atoms with E-state index in [-0.39, 0.29) is 0 Å². The standard InChI is InChI=1S/C10H12N2O/c1-8(2)7-13-10-5-3-4-9(6-11)12-10/h3-5,8H,7H2,1-2H3. The van der Waals surface area contributed by atoms with Crippen molar-refractivity contribution in [2.45, 2.75) is 13.8 Å². The van der Waals surface area contributed by atoms with E-state index in [2.05, 4.69) is 18.8 Å². The quantitative estimate of drug-likeness (QED) is 0.707. The molecular weight excluding hydrogens is 164 g/mol. The highest BCUT2D eigenvalue weighted by atomic mass is 16.5. The first-order valence-corrected chi connectivity index (χ1v) is 4.22. The molecule has 3 heteroatoms. The Balaban J connectivity index is 2.63. The summed E-state index contributed by atoms with van der Waals surface area (Å²) in [6, 6.07) is 7.14. The van der Waals surface area contributed by atoms with Crippen LogP contribution in [0.25, 0.3) is 0 Å². The molecule has 0 unspecified atom stereocenters. The minimum Gasteiger partial charge on any atom is -0.477 e. The third-order valence-electron chi connectivity index (χ3n) is 1.40. The number of ether oxygens (including phenoxy) is 1. The summed E-state index contributed by atoms with van der Waals surface area (Å²) in [4.78, 5) is 3.98. The van der Waals surface area contributed by atoms with Crippen molar-refractivity contribution in [1.82, 2.24) is 4.98 Å². The summed E-state index contributed by atoms with van der Waals surface area (Å²) in [6.45, 7) is 4.75. The second-order valence-electron chi connectivity index (χ2n) is 3.18. The Kier molecular flexibility index (Phi) is 3.27. The van der Waals surface area contributed by atoms with E-state index in [1.165, 1.54) is 0 Å². The number of aromatic nitrogens is 1. The summed E-state index contributed by atoms with van der Waals surface area (Å²) >= 11 is 0. The van der Waals surface area contributed by atoms with E-state index in [0.717, 1.165) is 0 Å². The molecule has 0 saturated carbocycles. The van der Waals surface area contributed by atoms with Gasteiger partial charge in [0.1, 0.15) is 11.8 Å². The first kappa shape index (κ1) is 9.53. The molecule has 0 spiro atoms. The first-order chi connectivity index (χ1) is 6.22. The lowest BCUT2D eigenvalue weighted by molar-refractivity contribution is 0.261. The highest BCUT2D eigenvalue weighted by Crippen LogP contribution is 2.07. The average molecular weight is 176 g/mol. The van der Waals surface area contributed by atoms with Crippen LogP contribution < -0.4 is 4.74 Å². The first-order valence-electron chi connectivity index (χ1n) is 4.22. The number of rotatable bonds is 3. The number of hydrogen-bond acceptors (Lipinski definition) is 3. The third kappa shape index (κ3) is 3.12. The SMILES string of the molecule is CC(C)COc1cccc(C#N)n1. The van der Waals surface area contributed by atoms with Gasteiger partial charge < -0.3 is 4.74 Å². The fraction of sp³-hybridized carbons (Fsp3) is 0.400. The molecule has 1 aromatic heterocycles. The largest absolute Gasteiger partial charge is 0.477 e. The second-order valence-corrected chi connectivity index (χ2v) is 3.18. The van der Waals surface area contributed by atoms with E-state index in [1.54, 1.807) is 18.2 Å². The summed E-state index contributed by atoms with van der Waals surface area (Å²) in [7, 11) is 0. The predicted octanol–water partition coefficient (Wildman–Crippen LogP) is 1.99. The van der Waals surface area contributed by atoms with Crippen LogP contribution >= 0.6 is 0 Å². The van der Waals surface area contributed by atoms with Gasteiger partial charge in [-0.1, -0.05) is 19.9 Å². The molecule has 0 aliphatic carbocycles. The molecule has 0 aromatic carbocycles. The maximum absolute atomic E-state index is 8.57. The minimum absolute atomic E-state index is 0.390. The lowest BCUT2D eigenvalue weighted by atomic mass is 10.2. The van der Waals surface area contributed by atoms with Crippen molar-refractivity contribution in [3.8, 4) is 11.9 Å². The maximum Gasteiger partial charge on any atom is 0.214 e. The normalized spacial score (nSPS) is 9.69. The average Bonchev–Trinajstić information content (AvgIpc) is 2.15. The van der Waals surface area contributed by atoms with E-state index in [4.69, 9.17) is 10.00 Å². The Morgan fingerprint density at radius 1 is 1.54 bits per heavy atom. The van der Waals surface area contributed by atoms with Gasteiger partial charge in [-0.05, 0) is 12.0 Å². The van der Waals surface area contributed by atoms with Crippen molar-refractivity contribution in [1.29, 1.82) is 5.26 Å². The lowest BCUT2D eigenvalue weighted by Crippen LogP contribution is -2.05. The van der Waals surface area contributed by atoms with Gasteiger partial charge in [-0.2, -0.15) is 5.26 Å². The Morgan fingerprint density at radius 2 is 2.31 bits per heavy atom. The van der Waals surface area contributed by atoms with Gasteiger partial charge in [-0.25, -0.2) is 4.98 Å². The number of hydrogen-bond donors (Lipinski definition) is 0. The van der Waals surface area contributed by atoms with Crippen LogP contribution in [0.3, 0.4) is 0 Å². The van der Waals surface area contributed by atoms with Crippen molar-refractivity contribution in [3.63, 3.8) is 0 Å². The highest BCUT2D eigenvalue weighted by Gasteiger charge is 1.99. The molecule has 0 aliphatic heterocycles. The van der Waals surface area contributed by atoms with Crippen molar-refractivity contribution in [2.75, 3.05) is 6.61 Å². The molecule has 13 heavy (non-hydrogen) atoms. The Bertz CT molecular complexity index is 315. The van der Waals surface area contributed by atoms with Crippen molar-refractivity contribution in [2.24, 2.45) is 5.92 Å². The van der Waals surface area contributed by atoms with Crippen molar-refractivity contribution >= 4 is 0 Å². The van der Waals surface area contributed by atoms with E-state index in [9.17, 15) is 0 Å². The Labute approximate surface area is 78.0 Å². The third-order valence-corrected chi connectivity index (χ3v) is 1.40. The zero-order valence-corrected chi connectivity index (χ0v) is 7.82. The topological polar surface area (TPSA) is 45.9 Å². The lowest BCUT2D eigenvalue weighted by Gasteiger charge is -2.06. The van der Waals surface area contributed by atoms with Gasteiger partial charge in [0.25, 0.3) is 0 Å². The van der Waals surface area contributed by atoms with Crippen LogP contribution in [0, 0.1) is 17.2 Å². The maximum atomic E-state index is 8.57. The molecule has 3 nitrogen and oxygen atoms in total. The van der Waals surface area contributed by atoms with Gasteiger partial charge in [-0.3, -0.25) is 0 Å². The molecule has 0 radical (unpaired) electrons. The van der Waals surface area contributed by atoms with Gasteiger partial charge in [0.15, 0.2) is 0 Å². The molecule has 0 saturated heterocycles. The zero-order valence-electron chi connectivity index (χ0n) is 7.82. The second kappa shape index (κ2) is 4.46. The van der Waals surface area contributed by atoms with Crippen molar-refractivity contribution in [3.05, 3.63) is 23.9 Å². The van der Waals surface area contributed by atoms with Crippen LogP contribution in [0.4, 0.5) is 0 Å². The molecule has 0 fully saturated rings. The molecule has 0 bridgehead atoms. The fourth-order valence-electron chi connectivity index (χ4n) is 0.810. The van der Waals surface area contributed by atoms with Gasteiger partial charge in [0, 0.05) is 6.07 Å². The van der Waals surface area contributed by atoms with Gasteiger partial charge in [0.2, 0.25) is 5.88 Å². The summed E-state index contributed by atoms with van der Waals surface area (Å²) in [5, 5.41) is 8.57. The molecule has 0 aliphatic rings. The summed E-state index contributed by atoms with van der Waals surface area (Å²) < 4.78 is 5.35. The molecule has 1 rings (SSSR count). The summed E-state index contributed by atoms with van der Waals surface area (Å²) in [6.07, 6.45) is 0. The van der Waals surface area contributed by atoms with Gasteiger partial charge in [-0.15, -0.1) is 0 Å². The van der Waals surface area contributed by atoms with Crippen LogP contribution in [0.5, 0.6) is 5.88 Å². The molecule has 68 valence electrons. The van der Waals surface area contributed by atoms with Crippen LogP contribution in [0.2, 0.25) is 0 Å². The van der Waals surface area contributed by atoms with Crippen molar-refractivity contribution < 1.29 is 4.74 Å². The number of pyridine rings is 1. The van der Waals surface area contributed by atoms with E-state index in [0.29, 0.717) is 24.1 Å². The molecule has 1 heterocycles. The summed E-state index contributed by atoms with van der Waals surface area (Å²) in [5.74, 6) is 0.986. The predicted molar refractivity (Wildman–Crippen MR) is 49.3 cm³/mol. The van der Waals surface area contributed by atoms with Gasteiger partial charge >= 0.3 is 0 Å². The van der Waals surface area contributed by atoms with Gasteiger partial charge in [0.05, 0.1) is 6.61 Å². The smallest absolute Gasteiger partial charge is 0.214 e. The van der Waals surface area contributed by atoms with E-state index >= 15 is 0 Å². The Morgan fingerprint density at radius 3 is 2.92 bits per heavy atom. The monoisotopic (exact) mass is 176 g/mol. The molecule has 0 amide bonds. The molecular formula is C10H12N2O. The number of nitriles is 1. The zero-order chi connectivity index (χ0) is 9.68. The van der Waals surface area contributed by atoms with Crippen LogP contribution in [-0.4, -0.2) is 11.6 Å². The Hall–Kier alpha value is -1.56.